The van der Waals surface area contributed by atoms with E-state index >= 15 is 0 Å². The summed E-state index contributed by atoms with van der Waals surface area (Å²) in [5, 5.41) is 17.9. The summed E-state index contributed by atoms with van der Waals surface area (Å²) < 4.78 is 1.54. The number of carbonyl (C=O) groups is 1. The molecule has 0 unspecified atom stereocenters. The van der Waals surface area contributed by atoms with Crippen LogP contribution in [0.25, 0.3) is 16.9 Å². The van der Waals surface area contributed by atoms with Crippen LogP contribution in [0.15, 0.2) is 48.7 Å². The summed E-state index contributed by atoms with van der Waals surface area (Å²) in [7, 11) is 0. The van der Waals surface area contributed by atoms with E-state index in [1.54, 1.807) is 42.6 Å². The SMILES string of the molecule is N#Cc1ccc(-c2cn3c(C(=O)O)cccc3n2)cc1. The summed E-state index contributed by atoms with van der Waals surface area (Å²) in [5.41, 5.74) is 2.81. The summed E-state index contributed by atoms with van der Waals surface area (Å²) in [5.74, 6) is -1.00. The first-order valence-corrected chi connectivity index (χ1v) is 5.91. The minimum Gasteiger partial charge on any atom is -0.477 e. The molecule has 0 aliphatic carbocycles. The highest BCUT2D eigenvalue weighted by molar-refractivity contribution is 5.87. The molecule has 3 rings (SSSR count). The second kappa shape index (κ2) is 4.52. The second-order valence-corrected chi connectivity index (χ2v) is 4.26. The first-order chi connectivity index (χ1) is 9.69. The van der Waals surface area contributed by atoms with E-state index in [2.05, 4.69) is 11.1 Å². The predicted molar refractivity (Wildman–Crippen MR) is 72.3 cm³/mol. The van der Waals surface area contributed by atoms with E-state index in [1.165, 1.54) is 10.5 Å². The van der Waals surface area contributed by atoms with Crippen molar-refractivity contribution in [2.45, 2.75) is 0 Å². The highest BCUT2D eigenvalue weighted by Gasteiger charge is 2.11. The zero-order chi connectivity index (χ0) is 14.1. The van der Waals surface area contributed by atoms with Crippen LogP contribution < -0.4 is 0 Å². The van der Waals surface area contributed by atoms with Crippen molar-refractivity contribution in [1.82, 2.24) is 9.38 Å². The third kappa shape index (κ3) is 1.89. The Balaban J connectivity index is 2.15. The van der Waals surface area contributed by atoms with Crippen LogP contribution in [-0.2, 0) is 0 Å². The maximum Gasteiger partial charge on any atom is 0.352 e. The minimum atomic E-state index is -1.00. The number of aromatic nitrogens is 2. The van der Waals surface area contributed by atoms with Gasteiger partial charge in [-0.3, -0.25) is 4.40 Å². The van der Waals surface area contributed by atoms with Crippen molar-refractivity contribution in [3.63, 3.8) is 0 Å². The van der Waals surface area contributed by atoms with Gasteiger partial charge in [-0.05, 0) is 24.3 Å². The molecule has 0 aliphatic rings. The largest absolute Gasteiger partial charge is 0.477 e. The number of imidazole rings is 1. The Hall–Kier alpha value is -3.13. The normalized spacial score (nSPS) is 10.3. The zero-order valence-corrected chi connectivity index (χ0v) is 10.3. The lowest BCUT2D eigenvalue weighted by atomic mass is 10.1. The molecule has 1 N–H and O–H groups in total. The third-order valence-electron chi connectivity index (χ3n) is 3.02. The van der Waals surface area contributed by atoms with E-state index in [0.717, 1.165) is 5.56 Å². The number of nitriles is 1. The van der Waals surface area contributed by atoms with E-state index in [9.17, 15) is 4.79 Å². The first-order valence-electron chi connectivity index (χ1n) is 5.91. The lowest BCUT2D eigenvalue weighted by Crippen LogP contribution is -2.03. The number of nitrogens with zero attached hydrogens (tertiary/aromatic N) is 3. The number of carboxylic acids is 1. The standard InChI is InChI=1S/C15H9N3O2/c16-8-10-4-6-11(7-5-10)12-9-18-13(15(19)20)2-1-3-14(18)17-12/h1-7,9H,(H,19,20). The molecule has 2 heterocycles. The van der Waals surface area contributed by atoms with Crippen LogP contribution in [0.3, 0.4) is 0 Å². The van der Waals surface area contributed by atoms with Gasteiger partial charge in [0, 0.05) is 11.8 Å². The zero-order valence-electron chi connectivity index (χ0n) is 10.3. The fourth-order valence-corrected chi connectivity index (χ4v) is 2.04. The van der Waals surface area contributed by atoms with Crippen molar-refractivity contribution >= 4 is 11.6 Å². The highest BCUT2D eigenvalue weighted by Crippen LogP contribution is 2.20. The van der Waals surface area contributed by atoms with Crippen LogP contribution in [0.2, 0.25) is 0 Å². The van der Waals surface area contributed by atoms with Gasteiger partial charge < -0.3 is 5.11 Å². The Morgan fingerprint density at radius 2 is 1.95 bits per heavy atom. The molecular weight excluding hydrogens is 254 g/mol. The predicted octanol–water partition coefficient (Wildman–Crippen LogP) is 2.57. The Labute approximate surface area is 114 Å². The quantitative estimate of drug-likeness (QED) is 0.770. The molecule has 0 fully saturated rings. The molecule has 1 aromatic carbocycles. The van der Waals surface area contributed by atoms with Crippen LogP contribution in [0, 0.1) is 11.3 Å². The van der Waals surface area contributed by atoms with E-state index in [4.69, 9.17) is 10.4 Å². The van der Waals surface area contributed by atoms with Gasteiger partial charge in [-0.25, -0.2) is 9.78 Å². The Morgan fingerprint density at radius 1 is 1.20 bits per heavy atom. The fourth-order valence-electron chi connectivity index (χ4n) is 2.04. The summed E-state index contributed by atoms with van der Waals surface area (Å²) in [6.07, 6.45) is 1.68. The van der Waals surface area contributed by atoms with E-state index < -0.39 is 5.97 Å². The van der Waals surface area contributed by atoms with Gasteiger partial charge in [0.2, 0.25) is 0 Å². The van der Waals surface area contributed by atoms with Crippen molar-refractivity contribution in [1.29, 1.82) is 5.26 Å². The maximum absolute atomic E-state index is 11.2. The summed E-state index contributed by atoms with van der Waals surface area (Å²) in [4.78, 5) is 15.6. The van der Waals surface area contributed by atoms with Crippen LogP contribution >= 0.6 is 0 Å². The van der Waals surface area contributed by atoms with Gasteiger partial charge in [0.1, 0.15) is 11.3 Å². The smallest absolute Gasteiger partial charge is 0.352 e. The number of carboxylic acid groups (broad SMARTS) is 1. The molecule has 0 spiro atoms. The van der Waals surface area contributed by atoms with Gasteiger partial charge >= 0.3 is 5.97 Å². The van der Waals surface area contributed by atoms with Crippen LogP contribution in [0.4, 0.5) is 0 Å². The number of hydrogen-bond acceptors (Lipinski definition) is 3. The molecule has 0 bridgehead atoms. The van der Waals surface area contributed by atoms with Crippen molar-refractivity contribution in [3.05, 3.63) is 59.9 Å². The molecule has 0 saturated heterocycles. The molecule has 3 aromatic rings. The van der Waals surface area contributed by atoms with Crippen molar-refractivity contribution in [2.75, 3.05) is 0 Å². The van der Waals surface area contributed by atoms with Crippen LogP contribution in [0.5, 0.6) is 0 Å². The number of rotatable bonds is 2. The molecule has 20 heavy (non-hydrogen) atoms. The van der Waals surface area contributed by atoms with E-state index in [-0.39, 0.29) is 5.69 Å². The molecule has 0 amide bonds. The Morgan fingerprint density at radius 3 is 2.60 bits per heavy atom. The molecule has 2 aromatic heterocycles. The van der Waals surface area contributed by atoms with Gasteiger partial charge in [0.25, 0.3) is 0 Å². The molecule has 0 radical (unpaired) electrons. The van der Waals surface area contributed by atoms with Crippen molar-refractivity contribution in [2.24, 2.45) is 0 Å². The van der Waals surface area contributed by atoms with Crippen molar-refractivity contribution < 1.29 is 9.90 Å². The molecule has 0 saturated carbocycles. The van der Waals surface area contributed by atoms with E-state index in [1.807, 2.05) is 0 Å². The number of aromatic carboxylic acids is 1. The number of fused-ring (bicyclic) bond motifs is 1. The topological polar surface area (TPSA) is 78.4 Å². The van der Waals surface area contributed by atoms with Crippen LogP contribution in [0.1, 0.15) is 16.1 Å². The maximum atomic E-state index is 11.2. The summed E-state index contributed by atoms with van der Waals surface area (Å²) in [6, 6.07) is 14.0. The Bertz CT molecular complexity index is 842. The van der Waals surface area contributed by atoms with E-state index in [0.29, 0.717) is 16.9 Å². The number of pyridine rings is 1. The second-order valence-electron chi connectivity index (χ2n) is 4.26. The molecule has 5 heteroatoms. The molecule has 0 atom stereocenters. The third-order valence-corrected chi connectivity index (χ3v) is 3.02. The van der Waals surface area contributed by atoms with Gasteiger partial charge in [0.05, 0.1) is 17.3 Å². The highest BCUT2D eigenvalue weighted by atomic mass is 16.4. The van der Waals surface area contributed by atoms with Crippen molar-refractivity contribution in [3.8, 4) is 17.3 Å². The number of hydrogen-bond donors (Lipinski definition) is 1. The molecule has 96 valence electrons. The van der Waals surface area contributed by atoms with Crippen LogP contribution in [-0.4, -0.2) is 20.5 Å². The summed E-state index contributed by atoms with van der Waals surface area (Å²) >= 11 is 0. The summed E-state index contributed by atoms with van der Waals surface area (Å²) in [6.45, 7) is 0. The monoisotopic (exact) mass is 263 g/mol. The average molecular weight is 263 g/mol. The van der Waals surface area contributed by atoms with Gasteiger partial charge in [-0.1, -0.05) is 18.2 Å². The molecule has 0 aliphatic heterocycles. The first kappa shape index (κ1) is 11.9. The molecule has 5 nitrogen and oxygen atoms in total. The molecular formula is C15H9N3O2. The number of benzene rings is 1. The average Bonchev–Trinajstić information content (AvgIpc) is 2.90. The van der Waals surface area contributed by atoms with Gasteiger partial charge in [-0.2, -0.15) is 5.26 Å². The fraction of sp³-hybridized carbons (Fsp3) is 0. The minimum absolute atomic E-state index is 0.162. The lowest BCUT2D eigenvalue weighted by Gasteiger charge is -1.98. The van der Waals surface area contributed by atoms with Gasteiger partial charge in [-0.15, -0.1) is 0 Å². The Kier molecular flexibility index (Phi) is 2.70. The lowest BCUT2D eigenvalue weighted by molar-refractivity contribution is 0.0689. The van der Waals surface area contributed by atoms with Gasteiger partial charge in [0.15, 0.2) is 0 Å².